The number of hydrogen-bond donors (Lipinski definition) is 0. The first-order chi connectivity index (χ1) is 13.0. The second-order valence-electron chi connectivity index (χ2n) is 6.78. The topological polar surface area (TPSA) is 62.5 Å². The Bertz CT molecular complexity index is 951. The first-order valence-corrected chi connectivity index (χ1v) is 8.68. The Kier molecular flexibility index (Phi) is 4.35. The molecule has 1 amide bonds. The highest BCUT2D eigenvalue weighted by molar-refractivity contribution is 5.96. The summed E-state index contributed by atoms with van der Waals surface area (Å²) < 4.78 is 18.5. The predicted octanol–water partition coefficient (Wildman–Crippen LogP) is 3.46. The number of aromatic nitrogens is 2. The minimum Gasteiger partial charge on any atom is -0.378 e. The van der Waals surface area contributed by atoms with E-state index in [1.807, 2.05) is 43.3 Å². The quantitative estimate of drug-likeness (QED) is 0.708. The molecule has 0 aliphatic carbocycles. The van der Waals surface area contributed by atoms with Gasteiger partial charge in [-0.05, 0) is 48.5 Å². The zero-order valence-corrected chi connectivity index (χ0v) is 15.1. The third-order valence-corrected chi connectivity index (χ3v) is 4.70. The molecule has 7 heteroatoms. The minimum atomic E-state index is -0.330. The summed E-state index contributed by atoms with van der Waals surface area (Å²) in [5.74, 6) is 0.401. The smallest absolute Gasteiger partial charge is 0.232 e. The second-order valence-corrected chi connectivity index (χ2v) is 6.78. The molecule has 1 fully saturated rings. The lowest BCUT2D eigenvalue weighted by atomic mass is 10.1. The van der Waals surface area contributed by atoms with Crippen LogP contribution in [0.2, 0.25) is 0 Å². The number of anilines is 2. The molecule has 1 aliphatic heterocycles. The van der Waals surface area contributed by atoms with Crippen molar-refractivity contribution in [2.24, 2.45) is 0 Å². The standard InChI is InChI=1S/C20H19FN4O2/c1-24(2)16-7-3-13(4-8-16)19-22-20(27-23-19)14-11-18(26)25(12-14)17-9-5-15(21)6-10-17/h3-10,14H,11-12H2,1-2H3. The highest BCUT2D eigenvalue weighted by Crippen LogP contribution is 2.32. The van der Waals surface area contributed by atoms with E-state index in [4.69, 9.17) is 4.52 Å². The average Bonchev–Trinajstić information content (AvgIpc) is 3.29. The number of hydrogen-bond acceptors (Lipinski definition) is 5. The molecule has 3 aromatic rings. The van der Waals surface area contributed by atoms with E-state index in [9.17, 15) is 9.18 Å². The minimum absolute atomic E-state index is 0.0401. The Morgan fingerprint density at radius 3 is 2.48 bits per heavy atom. The molecule has 2 heterocycles. The molecule has 1 aliphatic rings. The van der Waals surface area contributed by atoms with E-state index < -0.39 is 0 Å². The molecule has 0 saturated carbocycles. The maximum atomic E-state index is 13.1. The molecule has 0 bridgehead atoms. The van der Waals surface area contributed by atoms with Crippen LogP contribution >= 0.6 is 0 Å². The van der Waals surface area contributed by atoms with Gasteiger partial charge in [0.25, 0.3) is 0 Å². The van der Waals surface area contributed by atoms with Crippen LogP contribution in [0.3, 0.4) is 0 Å². The third kappa shape index (κ3) is 3.40. The van der Waals surface area contributed by atoms with Crippen LogP contribution in [0.5, 0.6) is 0 Å². The van der Waals surface area contributed by atoms with Crippen LogP contribution in [0.15, 0.2) is 53.1 Å². The molecule has 27 heavy (non-hydrogen) atoms. The maximum Gasteiger partial charge on any atom is 0.232 e. The summed E-state index contributed by atoms with van der Waals surface area (Å²) in [5.41, 5.74) is 2.61. The van der Waals surface area contributed by atoms with Crippen molar-refractivity contribution < 1.29 is 13.7 Å². The molecule has 0 radical (unpaired) electrons. The lowest BCUT2D eigenvalue weighted by Crippen LogP contribution is -2.24. The summed E-state index contributed by atoms with van der Waals surface area (Å²) in [6.45, 7) is 0.436. The monoisotopic (exact) mass is 366 g/mol. The average molecular weight is 366 g/mol. The van der Waals surface area contributed by atoms with Crippen molar-refractivity contribution in [1.29, 1.82) is 0 Å². The van der Waals surface area contributed by atoms with Crippen molar-refractivity contribution in [3.8, 4) is 11.4 Å². The Morgan fingerprint density at radius 2 is 1.81 bits per heavy atom. The summed E-state index contributed by atoms with van der Waals surface area (Å²) in [4.78, 5) is 20.5. The molecule has 6 nitrogen and oxygen atoms in total. The highest BCUT2D eigenvalue weighted by Gasteiger charge is 2.35. The lowest BCUT2D eigenvalue weighted by molar-refractivity contribution is -0.117. The van der Waals surface area contributed by atoms with Gasteiger partial charge in [-0.2, -0.15) is 4.98 Å². The van der Waals surface area contributed by atoms with E-state index in [1.54, 1.807) is 17.0 Å². The molecule has 1 unspecified atom stereocenters. The summed E-state index contributed by atoms with van der Waals surface area (Å²) >= 11 is 0. The molecule has 138 valence electrons. The summed E-state index contributed by atoms with van der Waals surface area (Å²) in [6, 6.07) is 13.7. The number of amides is 1. The normalized spacial score (nSPS) is 16.8. The van der Waals surface area contributed by atoms with Crippen LogP contribution in [0, 0.1) is 5.82 Å². The Hall–Kier alpha value is -3.22. The zero-order chi connectivity index (χ0) is 19.0. The van der Waals surface area contributed by atoms with Crippen LogP contribution < -0.4 is 9.80 Å². The largest absolute Gasteiger partial charge is 0.378 e. The molecule has 1 saturated heterocycles. The van der Waals surface area contributed by atoms with Crippen LogP contribution in [0.1, 0.15) is 18.2 Å². The third-order valence-electron chi connectivity index (χ3n) is 4.70. The Labute approximate surface area is 156 Å². The van der Waals surface area contributed by atoms with Gasteiger partial charge >= 0.3 is 0 Å². The molecular weight excluding hydrogens is 347 g/mol. The number of halogens is 1. The van der Waals surface area contributed by atoms with Crippen molar-refractivity contribution in [3.63, 3.8) is 0 Å². The second kappa shape index (κ2) is 6.83. The van der Waals surface area contributed by atoms with Crippen LogP contribution in [-0.4, -0.2) is 36.7 Å². The van der Waals surface area contributed by atoms with E-state index in [1.165, 1.54) is 12.1 Å². The van der Waals surface area contributed by atoms with Crippen molar-refractivity contribution in [3.05, 3.63) is 60.2 Å². The van der Waals surface area contributed by atoms with Gasteiger partial charge in [0.1, 0.15) is 5.82 Å². The van der Waals surface area contributed by atoms with Crippen LogP contribution in [-0.2, 0) is 4.79 Å². The fraction of sp³-hybridized carbons (Fsp3) is 0.250. The van der Waals surface area contributed by atoms with Gasteiger partial charge in [-0.25, -0.2) is 4.39 Å². The van der Waals surface area contributed by atoms with Gasteiger partial charge in [0.15, 0.2) is 0 Å². The predicted molar refractivity (Wildman–Crippen MR) is 100 cm³/mol. The van der Waals surface area contributed by atoms with Gasteiger partial charge in [0.05, 0.1) is 5.92 Å². The Morgan fingerprint density at radius 1 is 1.11 bits per heavy atom. The number of rotatable bonds is 4. The van der Waals surface area contributed by atoms with Crippen molar-refractivity contribution in [1.82, 2.24) is 10.1 Å². The van der Waals surface area contributed by atoms with E-state index in [-0.39, 0.29) is 17.6 Å². The van der Waals surface area contributed by atoms with Crippen molar-refractivity contribution in [2.75, 3.05) is 30.4 Å². The molecule has 2 aromatic carbocycles. The summed E-state index contributed by atoms with van der Waals surface area (Å²) in [7, 11) is 3.96. The van der Waals surface area contributed by atoms with Crippen LogP contribution in [0.4, 0.5) is 15.8 Å². The van der Waals surface area contributed by atoms with Gasteiger partial charge in [-0.15, -0.1) is 0 Å². The maximum absolute atomic E-state index is 13.1. The molecule has 0 N–H and O–H groups in total. The van der Waals surface area contributed by atoms with Crippen LogP contribution in [0.25, 0.3) is 11.4 Å². The van der Waals surface area contributed by atoms with Gasteiger partial charge in [-0.1, -0.05) is 5.16 Å². The van der Waals surface area contributed by atoms with Crippen molar-refractivity contribution >= 4 is 17.3 Å². The van der Waals surface area contributed by atoms with E-state index in [0.717, 1.165) is 11.3 Å². The Balaban J connectivity index is 1.52. The van der Waals surface area contributed by atoms with Crippen molar-refractivity contribution in [2.45, 2.75) is 12.3 Å². The fourth-order valence-electron chi connectivity index (χ4n) is 3.17. The number of benzene rings is 2. The summed E-state index contributed by atoms with van der Waals surface area (Å²) in [6.07, 6.45) is 0.290. The summed E-state index contributed by atoms with van der Waals surface area (Å²) in [5, 5.41) is 4.06. The number of nitrogens with zero attached hydrogens (tertiary/aromatic N) is 4. The fourth-order valence-corrected chi connectivity index (χ4v) is 3.17. The lowest BCUT2D eigenvalue weighted by Gasteiger charge is -2.15. The van der Waals surface area contributed by atoms with E-state index in [2.05, 4.69) is 10.1 Å². The van der Waals surface area contributed by atoms with Gasteiger partial charge in [0, 0.05) is 44.0 Å². The van der Waals surface area contributed by atoms with E-state index in [0.29, 0.717) is 30.4 Å². The van der Waals surface area contributed by atoms with Gasteiger partial charge < -0.3 is 14.3 Å². The van der Waals surface area contributed by atoms with Gasteiger partial charge in [-0.3, -0.25) is 4.79 Å². The number of carbonyl (C=O) groups is 1. The van der Waals surface area contributed by atoms with Gasteiger partial charge in [0.2, 0.25) is 17.6 Å². The molecule has 1 atom stereocenters. The number of carbonyl (C=O) groups excluding carboxylic acids is 1. The zero-order valence-electron chi connectivity index (χ0n) is 15.1. The van der Waals surface area contributed by atoms with E-state index >= 15 is 0 Å². The SMILES string of the molecule is CN(C)c1ccc(-c2noc(C3CC(=O)N(c4ccc(F)cc4)C3)n2)cc1. The highest BCUT2D eigenvalue weighted by atomic mass is 19.1. The first kappa shape index (κ1) is 17.2. The molecule has 1 aromatic heterocycles. The first-order valence-electron chi connectivity index (χ1n) is 8.68. The molecule has 0 spiro atoms. The molecular formula is C20H19FN4O2. The molecule has 4 rings (SSSR count).